The van der Waals surface area contributed by atoms with Gasteiger partial charge in [-0.25, -0.2) is 9.78 Å². The molecule has 2 aromatic rings. The summed E-state index contributed by atoms with van der Waals surface area (Å²) < 4.78 is 5.74. The van der Waals surface area contributed by atoms with Gasteiger partial charge < -0.3 is 9.84 Å². The summed E-state index contributed by atoms with van der Waals surface area (Å²) in [7, 11) is 0. The number of aryl methyl sites for hydroxylation is 3. The predicted molar refractivity (Wildman–Crippen MR) is 79.1 cm³/mol. The summed E-state index contributed by atoms with van der Waals surface area (Å²) in [5, 5.41) is 9.07. The van der Waals surface area contributed by atoms with Crippen molar-refractivity contribution in [2.75, 3.05) is 0 Å². The largest absolute Gasteiger partial charge is 0.478 e. The van der Waals surface area contributed by atoms with Crippen LogP contribution in [0.5, 0.6) is 11.6 Å². The Hall–Kier alpha value is -2.36. The number of fused-ring (bicyclic) bond motifs is 1. The quantitative estimate of drug-likeness (QED) is 0.931. The molecule has 0 aliphatic heterocycles. The van der Waals surface area contributed by atoms with E-state index in [2.05, 4.69) is 11.1 Å². The average Bonchev–Trinajstić information content (AvgIpc) is 2.46. The van der Waals surface area contributed by atoms with Gasteiger partial charge in [0.15, 0.2) is 0 Å². The Labute approximate surface area is 123 Å². The summed E-state index contributed by atoms with van der Waals surface area (Å²) in [5.41, 5.74) is 3.53. The topological polar surface area (TPSA) is 59.4 Å². The molecule has 3 rings (SSSR count). The minimum Gasteiger partial charge on any atom is -0.478 e. The van der Waals surface area contributed by atoms with Crippen LogP contribution >= 0.6 is 0 Å². The fraction of sp³-hybridized carbons (Fsp3) is 0.294. The van der Waals surface area contributed by atoms with E-state index in [4.69, 9.17) is 9.84 Å². The summed E-state index contributed by atoms with van der Waals surface area (Å²) in [6, 6.07) is 9.04. The lowest BCUT2D eigenvalue weighted by Crippen LogP contribution is -2.03. The van der Waals surface area contributed by atoms with Gasteiger partial charge in [0.1, 0.15) is 5.75 Å². The molecule has 0 fully saturated rings. The molecule has 1 heterocycles. The van der Waals surface area contributed by atoms with E-state index in [1.54, 1.807) is 6.92 Å². The van der Waals surface area contributed by atoms with Gasteiger partial charge >= 0.3 is 5.97 Å². The first-order valence-corrected chi connectivity index (χ1v) is 7.13. The summed E-state index contributed by atoms with van der Waals surface area (Å²) >= 11 is 0. The molecule has 1 aromatic carbocycles. The first-order chi connectivity index (χ1) is 10.1. The number of nitrogens with zero attached hydrogens (tertiary/aromatic N) is 1. The van der Waals surface area contributed by atoms with Crippen molar-refractivity contribution in [3.63, 3.8) is 0 Å². The molecule has 0 atom stereocenters. The van der Waals surface area contributed by atoms with E-state index >= 15 is 0 Å². The van der Waals surface area contributed by atoms with Crippen molar-refractivity contribution >= 4 is 5.97 Å². The van der Waals surface area contributed by atoms with Gasteiger partial charge in [-0.2, -0.15) is 0 Å². The fourth-order valence-electron chi connectivity index (χ4n) is 2.71. The standard InChI is InChI=1S/C17H17NO3/c1-11-8-14(17(19)20)10-16(18-11)21-15-7-6-12-4-2-3-5-13(12)9-15/h6-10H,2-5H2,1H3,(H,19,20). The molecule has 21 heavy (non-hydrogen) atoms. The van der Waals surface area contributed by atoms with E-state index in [9.17, 15) is 4.79 Å². The molecule has 4 heteroatoms. The molecule has 0 saturated heterocycles. The highest BCUT2D eigenvalue weighted by molar-refractivity contribution is 5.88. The molecule has 108 valence electrons. The SMILES string of the molecule is Cc1cc(C(=O)O)cc(Oc2ccc3c(c2)CCCC3)n1. The van der Waals surface area contributed by atoms with Crippen LogP contribution in [0.15, 0.2) is 30.3 Å². The molecular formula is C17H17NO3. The van der Waals surface area contributed by atoms with Gasteiger partial charge in [0, 0.05) is 11.8 Å². The van der Waals surface area contributed by atoms with Gasteiger partial charge in [0.05, 0.1) is 5.56 Å². The van der Waals surface area contributed by atoms with E-state index in [0.717, 1.165) is 12.8 Å². The van der Waals surface area contributed by atoms with Gasteiger partial charge in [0.25, 0.3) is 0 Å². The number of carboxylic acids is 1. The number of carbonyl (C=O) groups is 1. The molecule has 0 spiro atoms. The lowest BCUT2D eigenvalue weighted by Gasteiger charge is -2.16. The summed E-state index contributed by atoms with van der Waals surface area (Å²) in [5.74, 6) is 0.0593. The Bertz CT molecular complexity index is 694. The van der Waals surface area contributed by atoms with Crippen molar-refractivity contribution in [2.45, 2.75) is 32.6 Å². The van der Waals surface area contributed by atoms with Gasteiger partial charge in [0.2, 0.25) is 5.88 Å². The molecule has 0 unspecified atom stereocenters. The van der Waals surface area contributed by atoms with Gasteiger partial charge in [-0.05, 0) is 61.9 Å². The molecule has 1 N–H and O–H groups in total. The van der Waals surface area contributed by atoms with E-state index < -0.39 is 5.97 Å². The van der Waals surface area contributed by atoms with Crippen LogP contribution in [-0.4, -0.2) is 16.1 Å². The number of hydrogen-bond acceptors (Lipinski definition) is 3. The van der Waals surface area contributed by atoms with Crippen molar-refractivity contribution in [1.29, 1.82) is 0 Å². The van der Waals surface area contributed by atoms with E-state index in [0.29, 0.717) is 17.3 Å². The van der Waals surface area contributed by atoms with E-state index in [1.807, 2.05) is 12.1 Å². The second-order valence-electron chi connectivity index (χ2n) is 5.38. The Morgan fingerprint density at radius 1 is 1.14 bits per heavy atom. The molecule has 0 bridgehead atoms. The molecule has 4 nitrogen and oxygen atoms in total. The van der Waals surface area contributed by atoms with E-state index in [1.165, 1.54) is 36.1 Å². The highest BCUT2D eigenvalue weighted by atomic mass is 16.5. The maximum absolute atomic E-state index is 11.1. The first kappa shape index (κ1) is 13.6. The predicted octanol–water partition coefficient (Wildman–Crippen LogP) is 3.76. The van der Waals surface area contributed by atoms with Crippen molar-refractivity contribution in [1.82, 2.24) is 4.98 Å². The van der Waals surface area contributed by atoms with Crippen LogP contribution in [-0.2, 0) is 12.8 Å². The third kappa shape index (κ3) is 3.05. The smallest absolute Gasteiger partial charge is 0.335 e. The summed E-state index contributed by atoms with van der Waals surface area (Å²) in [6.45, 7) is 1.76. The highest BCUT2D eigenvalue weighted by Crippen LogP contribution is 2.28. The maximum atomic E-state index is 11.1. The normalized spacial score (nSPS) is 13.6. The van der Waals surface area contributed by atoms with Gasteiger partial charge in [-0.1, -0.05) is 6.07 Å². The zero-order valence-electron chi connectivity index (χ0n) is 11.9. The minimum absolute atomic E-state index is 0.190. The fourth-order valence-corrected chi connectivity index (χ4v) is 2.71. The summed E-state index contributed by atoms with van der Waals surface area (Å²) in [6.07, 6.45) is 4.66. The molecule has 0 saturated carbocycles. The summed E-state index contributed by atoms with van der Waals surface area (Å²) in [4.78, 5) is 15.3. The third-order valence-corrected chi connectivity index (χ3v) is 3.72. The van der Waals surface area contributed by atoms with Crippen LogP contribution in [0.1, 0.15) is 40.0 Å². The van der Waals surface area contributed by atoms with Crippen molar-refractivity contribution in [3.05, 3.63) is 52.7 Å². The van der Waals surface area contributed by atoms with Gasteiger partial charge in [-0.15, -0.1) is 0 Å². The molecule has 1 aliphatic rings. The lowest BCUT2D eigenvalue weighted by atomic mass is 9.92. The zero-order chi connectivity index (χ0) is 14.8. The molecule has 1 aromatic heterocycles. The molecule has 0 amide bonds. The Balaban J connectivity index is 1.88. The van der Waals surface area contributed by atoms with Crippen LogP contribution in [0.4, 0.5) is 0 Å². The molecule has 0 radical (unpaired) electrons. The molecular weight excluding hydrogens is 266 g/mol. The number of pyridine rings is 1. The molecule has 1 aliphatic carbocycles. The average molecular weight is 283 g/mol. The Morgan fingerprint density at radius 2 is 1.90 bits per heavy atom. The number of benzene rings is 1. The second kappa shape index (κ2) is 5.56. The van der Waals surface area contributed by atoms with Crippen LogP contribution in [0.25, 0.3) is 0 Å². The lowest BCUT2D eigenvalue weighted by molar-refractivity contribution is 0.0696. The maximum Gasteiger partial charge on any atom is 0.335 e. The van der Waals surface area contributed by atoms with Crippen LogP contribution < -0.4 is 4.74 Å². The third-order valence-electron chi connectivity index (χ3n) is 3.72. The highest BCUT2D eigenvalue weighted by Gasteiger charge is 2.12. The van der Waals surface area contributed by atoms with Crippen LogP contribution in [0.2, 0.25) is 0 Å². The first-order valence-electron chi connectivity index (χ1n) is 7.13. The Morgan fingerprint density at radius 3 is 2.67 bits per heavy atom. The number of aromatic nitrogens is 1. The second-order valence-corrected chi connectivity index (χ2v) is 5.38. The Kier molecular flexibility index (Phi) is 3.60. The van der Waals surface area contributed by atoms with Crippen LogP contribution in [0.3, 0.4) is 0 Å². The van der Waals surface area contributed by atoms with Crippen molar-refractivity contribution in [2.24, 2.45) is 0 Å². The number of ether oxygens (including phenoxy) is 1. The van der Waals surface area contributed by atoms with Gasteiger partial charge in [-0.3, -0.25) is 0 Å². The number of aromatic carboxylic acids is 1. The number of hydrogen-bond donors (Lipinski definition) is 1. The number of carboxylic acid groups (broad SMARTS) is 1. The van der Waals surface area contributed by atoms with E-state index in [-0.39, 0.29) is 5.56 Å². The minimum atomic E-state index is -0.976. The van der Waals surface area contributed by atoms with Crippen LogP contribution in [0, 0.1) is 6.92 Å². The number of rotatable bonds is 3. The zero-order valence-corrected chi connectivity index (χ0v) is 11.9. The van der Waals surface area contributed by atoms with Crippen molar-refractivity contribution < 1.29 is 14.6 Å². The monoisotopic (exact) mass is 283 g/mol. The van der Waals surface area contributed by atoms with Crippen molar-refractivity contribution in [3.8, 4) is 11.6 Å².